The topological polar surface area (TPSA) is 43.3 Å². The van der Waals surface area contributed by atoms with Gasteiger partial charge in [0.25, 0.3) is 0 Å². The fourth-order valence-corrected chi connectivity index (χ4v) is 1.58. The first-order valence-corrected chi connectivity index (χ1v) is 5.85. The van der Waals surface area contributed by atoms with Gasteiger partial charge >= 0.3 is 6.09 Å². The summed E-state index contributed by atoms with van der Waals surface area (Å²) in [4.78, 5) is 11.4. The van der Waals surface area contributed by atoms with Gasteiger partial charge in [0.1, 0.15) is 5.60 Å². The van der Waals surface area contributed by atoms with Crippen molar-refractivity contribution < 1.29 is 9.53 Å². The zero-order valence-electron chi connectivity index (χ0n) is 10.0. The highest BCUT2D eigenvalue weighted by molar-refractivity contribution is 9.10. The van der Waals surface area contributed by atoms with Crippen LogP contribution in [-0.4, -0.2) is 16.3 Å². The lowest BCUT2D eigenvalue weighted by Crippen LogP contribution is -2.32. The Bertz CT molecular complexity index is 360. The van der Waals surface area contributed by atoms with Crippen LogP contribution >= 0.6 is 15.9 Å². The van der Waals surface area contributed by atoms with E-state index in [1.54, 1.807) is 0 Å². The number of nitrogens with one attached hydrogen (secondary N) is 1. The molecule has 0 saturated heterocycles. The minimum atomic E-state index is -0.457. The Balaban J connectivity index is 2.43. The van der Waals surface area contributed by atoms with Crippen LogP contribution in [0.25, 0.3) is 0 Å². The average Bonchev–Trinajstić information content (AvgIpc) is 2.40. The highest BCUT2D eigenvalue weighted by Gasteiger charge is 2.15. The van der Waals surface area contributed by atoms with Crippen molar-refractivity contribution in [3.8, 4) is 0 Å². The van der Waals surface area contributed by atoms with Gasteiger partial charge in [0, 0.05) is 19.8 Å². The smallest absolute Gasteiger partial charge is 0.407 e. The summed E-state index contributed by atoms with van der Waals surface area (Å²) >= 11 is 3.39. The number of halogens is 1. The zero-order chi connectivity index (χ0) is 12.3. The number of alkyl carbamates (subject to hydrolysis) is 1. The molecule has 90 valence electrons. The van der Waals surface area contributed by atoms with Crippen LogP contribution in [-0.2, 0) is 18.3 Å². The third kappa shape index (κ3) is 4.26. The number of aryl methyl sites for hydroxylation is 1. The first kappa shape index (κ1) is 13.1. The molecule has 1 N–H and O–H groups in total. The SMILES string of the molecule is Cn1cc(CNC(=O)OC(C)(C)C)cc1Br. The van der Waals surface area contributed by atoms with Crippen LogP contribution in [0.3, 0.4) is 0 Å². The molecule has 5 heteroatoms. The van der Waals surface area contributed by atoms with Gasteiger partial charge in [0.15, 0.2) is 0 Å². The van der Waals surface area contributed by atoms with Crippen LogP contribution < -0.4 is 5.32 Å². The van der Waals surface area contributed by atoms with Gasteiger partial charge in [-0.3, -0.25) is 0 Å². The molecule has 1 heterocycles. The Morgan fingerprint density at radius 3 is 2.62 bits per heavy atom. The number of nitrogens with zero attached hydrogens (tertiary/aromatic N) is 1. The van der Waals surface area contributed by atoms with Crippen LogP contribution in [0.1, 0.15) is 26.3 Å². The highest BCUT2D eigenvalue weighted by Crippen LogP contribution is 2.13. The molecule has 16 heavy (non-hydrogen) atoms. The van der Waals surface area contributed by atoms with Crippen molar-refractivity contribution in [2.45, 2.75) is 32.9 Å². The summed E-state index contributed by atoms with van der Waals surface area (Å²) < 4.78 is 8.04. The lowest BCUT2D eigenvalue weighted by atomic mass is 10.2. The minimum Gasteiger partial charge on any atom is -0.444 e. The van der Waals surface area contributed by atoms with E-state index in [4.69, 9.17) is 4.74 Å². The summed E-state index contributed by atoms with van der Waals surface area (Å²) in [5.74, 6) is 0. The molecule has 1 aromatic heterocycles. The third-order valence-electron chi connectivity index (χ3n) is 1.84. The number of hydrogen-bond acceptors (Lipinski definition) is 2. The van der Waals surface area contributed by atoms with Crippen molar-refractivity contribution in [3.63, 3.8) is 0 Å². The van der Waals surface area contributed by atoms with Gasteiger partial charge in [0.2, 0.25) is 0 Å². The van der Waals surface area contributed by atoms with Gasteiger partial charge in [-0.15, -0.1) is 0 Å². The fraction of sp³-hybridized carbons (Fsp3) is 0.545. The normalized spacial score (nSPS) is 11.3. The molecule has 0 atom stereocenters. The standard InChI is InChI=1S/C11H17BrN2O2/c1-11(2,3)16-10(15)13-6-8-5-9(12)14(4)7-8/h5,7H,6H2,1-4H3,(H,13,15). The lowest BCUT2D eigenvalue weighted by molar-refractivity contribution is 0.0523. The average molecular weight is 289 g/mol. The Labute approximate surface area is 104 Å². The lowest BCUT2D eigenvalue weighted by Gasteiger charge is -2.19. The van der Waals surface area contributed by atoms with Gasteiger partial charge in [0.05, 0.1) is 4.60 Å². The van der Waals surface area contributed by atoms with E-state index in [0.717, 1.165) is 10.2 Å². The summed E-state index contributed by atoms with van der Waals surface area (Å²) in [6, 6.07) is 1.96. The molecule has 0 radical (unpaired) electrons. The second-order valence-electron chi connectivity index (χ2n) is 4.64. The first-order chi connectivity index (χ1) is 7.28. The number of carbonyl (C=O) groups excluding carboxylic acids is 1. The van der Waals surface area contributed by atoms with Crippen LogP contribution in [0.4, 0.5) is 4.79 Å². The first-order valence-electron chi connectivity index (χ1n) is 5.05. The largest absolute Gasteiger partial charge is 0.444 e. The number of ether oxygens (including phenoxy) is 1. The van der Waals surface area contributed by atoms with E-state index < -0.39 is 11.7 Å². The van der Waals surface area contributed by atoms with E-state index in [-0.39, 0.29) is 0 Å². The molecular weight excluding hydrogens is 272 g/mol. The molecule has 0 aromatic carbocycles. The predicted octanol–water partition coefficient (Wildman–Crippen LogP) is 2.81. The molecule has 0 bridgehead atoms. The Morgan fingerprint density at radius 2 is 2.19 bits per heavy atom. The number of amides is 1. The van der Waals surface area contributed by atoms with Crippen molar-refractivity contribution >= 4 is 22.0 Å². The molecule has 0 aliphatic heterocycles. The highest BCUT2D eigenvalue weighted by atomic mass is 79.9. The molecule has 0 saturated carbocycles. The number of carbonyl (C=O) groups is 1. The summed E-state index contributed by atoms with van der Waals surface area (Å²) in [5.41, 5.74) is 0.571. The Hall–Kier alpha value is -0.970. The molecule has 4 nitrogen and oxygen atoms in total. The second-order valence-corrected chi connectivity index (χ2v) is 5.45. The van der Waals surface area contributed by atoms with Crippen molar-refractivity contribution in [2.75, 3.05) is 0 Å². The Morgan fingerprint density at radius 1 is 1.56 bits per heavy atom. The molecular formula is C11H17BrN2O2. The van der Waals surface area contributed by atoms with Crippen LogP contribution in [0.15, 0.2) is 16.9 Å². The van der Waals surface area contributed by atoms with Gasteiger partial charge in [-0.25, -0.2) is 4.79 Å². The van der Waals surface area contributed by atoms with Crippen LogP contribution in [0.5, 0.6) is 0 Å². The molecule has 1 aromatic rings. The fourth-order valence-electron chi connectivity index (χ4n) is 1.19. The molecule has 0 fully saturated rings. The van der Waals surface area contributed by atoms with Gasteiger partial charge in [-0.2, -0.15) is 0 Å². The predicted molar refractivity (Wildman–Crippen MR) is 66.2 cm³/mol. The quantitative estimate of drug-likeness (QED) is 0.909. The van der Waals surface area contributed by atoms with Gasteiger partial charge in [-0.1, -0.05) is 0 Å². The maximum Gasteiger partial charge on any atom is 0.407 e. The summed E-state index contributed by atoms with van der Waals surface area (Å²) in [7, 11) is 1.93. The molecule has 1 rings (SSSR count). The maximum atomic E-state index is 11.4. The Kier molecular flexibility index (Phi) is 4.02. The van der Waals surface area contributed by atoms with E-state index in [1.165, 1.54) is 0 Å². The van der Waals surface area contributed by atoms with Crippen molar-refractivity contribution in [1.82, 2.24) is 9.88 Å². The van der Waals surface area contributed by atoms with E-state index in [2.05, 4.69) is 21.2 Å². The summed E-state index contributed by atoms with van der Waals surface area (Å²) in [6.45, 7) is 5.98. The van der Waals surface area contributed by atoms with Gasteiger partial charge < -0.3 is 14.6 Å². The second kappa shape index (κ2) is 4.91. The van der Waals surface area contributed by atoms with Crippen molar-refractivity contribution in [2.24, 2.45) is 7.05 Å². The van der Waals surface area contributed by atoms with E-state index in [1.807, 2.05) is 44.6 Å². The summed E-state index contributed by atoms with van der Waals surface area (Å²) in [6.07, 6.45) is 1.55. The third-order valence-corrected chi connectivity index (χ3v) is 2.62. The molecule has 0 unspecified atom stereocenters. The minimum absolute atomic E-state index is 0.396. The van der Waals surface area contributed by atoms with E-state index >= 15 is 0 Å². The molecule has 1 amide bonds. The van der Waals surface area contributed by atoms with Crippen LogP contribution in [0.2, 0.25) is 0 Å². The zero-order valence-corrected chi connectivity index (χ0v) is 11.6. The monoisotopic (exact) mass is 288 g/mol. The summed E-state index contributed by atoms with van der Waals surface area (Å²) in [5, 5.41) is 2.70. The number of hydrogen-bond donors (Lipinski definition) is 1. The molecule has 0 aliphatic rings. The van der Waals surface area contributed by atoms with Crippen molar-refractivity contribution in [1.29, 1.82) is 0 Å². The van der Waals surface area contributed by atoms with E-state index in [9.17, 15) is 4.79 Å². The number of aromatic nitrogens is 1. The van der Waals surface area contributed by atoms with Crippen molar-refractivity contribution in [3.05, 3.63) is 22.4 Å². The number of rotatable bonds is 2. The van der Waals surface area contributed by atoms with Crippen LogP contribution in [0, 0.1) is 0 Å². The molecule has 0 aliphatic carbocycles. The van der Waals surface area contributed by atoms with Gasteiger partial charge in [-0.05, 0) is 48.3 Å². The van der Waals surface area contributed by atoms with E-state index in [0.29, 0.717) is 6.54 Å². The maximum absolute atomic E-state index is 11.4. The molecule has 0 spiro atoms.